The average molecular weight is 271 g/mol. The third-order valence-corrected chi connectivity index (χ3v) is 2.01. The number of alkyl halides is 1. The third-order valence-electron chi connectivity index (χ3n) is 1.69. The molecule has 0 nitrogen and oxygen atoms in total. The van der Waals surface area contributed by atoms with E-state index in [4.69, 9.17) is 0 Å². The summed E-state index contributed by atoms with van der Waals surface area (Å²) in [5.41, 5.74) is -0.563. The number of halogens is 5. The van der Waals surface area contributed by atoms with Gasteiger partial charge in [0.15, 0.2) is 23.3 Å². The van der Waals surface area contributed by atoms with E-state index >= 15 is 0 Å². The van der Waals surface area contributed by atoms with Gasteiger partial charge in [0.05, 0.1) is 0 Å². The molecule has 0 radical (unpaired) electrons. The van der Waals surface area contributed by atoms with Gasteiger partial charge in [-0.05, 0) is 6.42 Å². The highest BCUT2D eigenvalue weighted by Gasteiger charge is 2.19. The van der Waals surface area contributed by atoms with E-state index in [-0.39, 0.29) is 17.3 Å². The van der Waals surface area contributed by atoms with Crippen LogP contribution in [0.2, 0.25) is 0 Å². The Labute approximate surface area is 87.1 Å². The highest BCUT2D eigenvalue weighted by atomic mass is 79.9. The Balaban J connectivity index is 3.25. The van der Waals surface area contributed by atoms with Crippen LogP contribution in [0.5, 0.6) is 0 Å². The minimum Gasteiger partial charge on any atom is -0.204 e. The van der Waals surface area contributed by atoms with Crippen molar-refractivity contribution in [3.8, 4) is 0 Å². The van der Waals surface area contributed by atoms with Crippen LogP contribution in [-0.4, -0.2) is 4.83 Å². The van der Waals surface area contributed by atoms with E-state index in [0.717, 1.165) is 0 Å². The SMILES string of the molecule is CC(Br)Cc1c(F)c(F)cc(F)c1F. The van der Waals surface area contributed by atoms with Crippen molar-refractivity contribution in [3.05, 3.63) is 34.9 Å². The maximum atomic E-state index is 13.0. The molecule has 14 heavy (non-hydrogen) atoms. The lowest BCUT2D eigenvalue weighted by Gasteiger charge is -2.07. The molecule has 78 valence electrons. The van der Waals surface area contributed by atoms with Crippen molar-refractivity contribution in [1.29, 1.82) is 0 Å². The first kappa shape index (κ1) is 11.5. The van der Waals surface area contributed by atoms with Crippen molar-refractivity contribution in [3.63, 3.8) is 0 Å². The van der Waals surface area contributed by atoms with Crippen molar-refractivity contribution < 1.29 is 17.6 Å². The molecule has 0 aliphatic heterocycles. The van der Waals surface area contributed by atoms with Crippen LogP contribution < -0.4 is 0 Å². The molecule has 1 aromatic rings. The van der Waals surface area contributed by atoms with Crippen molar-refractivity contribution in [2.75, 3.05) is 0 Å². The number of hydrogen-bond acceptors (Lipinski definition) is 0. The molecule has 1 aromatic carbocycles. The molecule has 0 amide bonds. The predicted octanol–water partition coefficient (Wildman–Crippen LogP) is 3.57. The zero-order valence-electron chi connectivity index (χ0n) is 7.25. The van der Waals surface area contributed by atoms with Crippen LogP contribution in [0.3, 0.4) is 0 Å². The van der Waals surface area contributed by atoms with E-state index in [9.17, 15) is 17.6 Å². The maximum Gasteiger partial charge on any atom is 0.165 e. The lowest BCUT2D eigenvalue weighted by molar-refractivity contribution is 0.439. The molecule has 0 spiro atoms. The molecule has 0 aliphatic carbocycles. The summed E-state index contributed by atoms with van der Waals surface area (Å²) in [4.78, 5) is -0.257. The number of hydrogen-bond donors (Lipinski definition) is 0. The summed E-state index contributed by atoms with van der Waals surface area (Å²) >= 11 is 3.05. The standard InChI is InChI=1S/C9H7BrF4/c1-4(10)2-5-8(13)6(11)3-7(12)9(5)14/h3-4H,2H2,1H3. The zero-order chi connectivity index (χ0) is 10.9. The molecule has 0 aromatic heterocycles. The van der Waals surface area contributed by atoms with Crippen LogP contribution >= 0.6 is 15.9 Å². The van der Waals surface area contributed by atoms with Gasteiger partial charge in [-0.1, -0.05) is 22.9 Å². The highest BCUT2D eigenvalue weighted by molar-refractivity contribution is 9.09. The summed E-state index contributed by atoms with van der Waals surface area (Å²) in [6.07, 6.45) is -0.105. The zero-order valence-corrected chi connectivity index (χ0v) is 8.84. The molecule has 0 saturated carbocycles. The van der Waals surface area contributed by atoms with Crippen LogP contribution in [0.1, 0.15) is 12.5 Å². The average Bonchev–Trinajstić information content (AvgIpc) is 2.09. The molecule has 0 N–H and O–H groups in total. The Morgan fingerprint density at radius 3 is 1.93 bits per heavy atom. The molecular formula is C9H7BrF4. The quantitative estimate of drug-likeness (QED) is 0.438. The monoisotopic (exact) mass is 270 g/mol. The van der Waals surface area contributed by atoms with Gasteiger partial charge >= 0.3 is 0 Å². The summed E-state index contributed by atoms with van der Waals surface area (Å²) in [6.45, 7) is 1.63. The molecule has 1 rings (SSSR count). The van der Waals surface area contributed by atoms with E-state index in [1.54, 1.807) is 6.92 Å². The van der Waals surface area contributed by atoms with Crippen LogP contribution in [0.25, 0.3) is 0 Å². The molecule has 5 heteroatoms. The molecule has 0 saturated heterocycles. The topological polar surface area (TPSA) is 0 Å². The minimum absolute atomic E-state index is 0.105. The fourth-order valence-electron chi connectivity index (χ4n) is 1.08. The molecule has 0 aliphatic rings. The number of benzene rings is 1. The molecule has 0 heterocycles. The fourth-order valence-corrected chi connectivity index (χ4v) is 1.41. The van der Waals surface area contributed by atoms with Crippen molar-refractivity contribution >= 4 is 15.9 Å². The summed E-state index contributed by atoms with van der Waals surface area (Å²) in [6, 6.07) is 0.201. The third kappa shape index (κ3) is 2.26. The number of rotatable bonds is 2. The van der Waals surface area contributed by atoms with E-state index in [2.05, 4.69) is 15.9 Å². The second kappa shape index (κ2) is 4.29. The van der Waals surface area contributed by atoms with Crippen molar-refractivity contribution in [2.24, 2.45) is 0 Å². The molecular weight excluding hydrogens is 264 g/mol. The Kier molecular flexibility index (Phi) is 3.53. The lowest BCUT2D eigenvalue weighted by Crippen LogP contribution is -2.07. The van der Waals surface area contributed by atoms with Gasteiger partial charge in [0.2, 0.25) is 0 Å². The predicted molar refractivity (Wildman–Crippen MR) is 48.4 cm³/mol. The normalized spacial score (nSPS) is 13.0. The molecule has 0 bridgehead atoms. The largest absolute Gasteiger partial charge is 0.204 e. The minimum atomic E-state index is -1.37. The fraction of sp³-hybridized carbons (Fsp3) is 0.333. The summed E-state index contributed by atoms with van der Waals surface area (Å²) in [5.74, 6) is -5.38. The van der Waals surface area contributed by atoms with Gasteiger partial charge < -0.3 is 0 Å². The highest BCUT2D eigenvalue weighted by Crippen LogP contribution is 2.22. The molecule has 0 fully saturated rings. The van der Waals surface area contributed by atoms with Gasteiger partial charge in [-0.25, -0.2) is 17.6 Å². The molecule has 1 atom stereocenters. The molecule has 1 unspecified atom stereocenters. The first-order chi connectivity index (χ1) is 6.43. The van der Waals surface area contributed by atoms with Gasteiger partial charge in [-0.3, -0.25) is 0 Å². The van der Waals surface area contributed by atoms with Gasteiger partial charge in [0.1, 0.15) is 0 Å². The van der Waals surface area contributed by atoms with Gasteiger partial charge in [0, 0.05) is 16.5 Å². The Morgan fingerprint density at radius 2 is 1.57 bits per heavy atom. The Hall–Kier alpha value is -0.580. The first-order valence-electron chi connectivity index (χ1n) is 3.89. The van der Waals surface area contributed by atoms with Crippen molar-refractivity contribution in [1.82, 2.24) is 0 Å². The maximum absolute atomic E-state index is 13.0. The van der Waals surface area contributed by atoms with Crippen molar-refractivity contribution in [2.45, 2.75) is 18.2 Å². The van der Waals surface area contributed by atoms with Crippen LogP contribution in [-0.2, 0) is 6.42 Å². The summed E-state index contributed by atoms with van der Waals surface area (Å²) < 4.78 is 51.3. The van der Waals surface area contributed by atoms with Crippen LogP contribution in [0.4, 0.5) is 17.6 Å². The van der Waals surface area contributed by atoms with E-state index < -0.39 is 28.8 Å². The Bertz CT molecular complexity index is 323. The van der Waals surface area contributed by atoms with E-state index in [0.29, 0.717) is 0 Å². The smallest absolute Gasteiger partial charge is 0.165 e. The van der Waals surface area contributed by atoms with E-state index in [1.807, 2.05) is 0 Å². The van der Waals surface area contributed by atoms with E-state index in [1.165, 1.54) is 0 Å². The van der Waals surface area contributed by atoms with Crippen LogP contribution in [0.15, 0.2) is 6.07 Å². The lowest BCUT2D eigenvalue weighted by atomic mass is 10.1. The summed E-state index contributed by atoms with van der Waals surface area (Å²) in [5, 5.41) is 0. The second-order valence-electron chi connectivity index (χ2n) is 2.93. The van der Waals surface area contributed by atoms with Gasteiger partial charge in [-0.15, -0.1) is 0 Å². The van der Waals surface area contributed by atoms with Gasteiger partial charge in [0.25, 0.3) is 0 Å². The second-order valence-corrected chi connectivity index (χ2v) is 4.49. The van der Waals surface area contributed by atoms with Crippen LogP contribution in [0, 0.1) is 23.3 Å². The first-order valence-corrected chi connectivity index (χ1v) is 4.81. The van der Waals surface area contributed by atoms with Gasteiger partial charge in [-0.2, -0.15) is 0 Å². The summed E-state index contributed by atoms with van der Waals surface area (Å²) in [7, 11) is 0. The Morgan fingerprint density at radius 1 is 1.14 bits per heavy atom.